The van der Waals surface area contributed by atoms with Crippen molar-refractivity contribution in [2.75, 3.05) is 28.9 Å². The van der Waals surface area contributed by atoms with Crippen molar-refractivity contribution in [1.29, 1.82) is 0 Å². The van der Waals surface area contributed by atoms with Crippen LogP contribution in [-0.2, 0) is 10.0 Å². The molecule has 0 atom stereocenters. The average molecular weight is 425 g/mol. The van der Waals surface area contributed by atoms with Crippen LogP contribution in [-0.4, -0.2) is 38.9 Å². The molecule has 1 heterocycles. The molecule has 5 nitrogen and oxygen atoms in total. The zero-order chi connectivity index (χ0) is 19.3. The van der Waals surface area contributed by atoms with E-state index >= 15 is 0 Å². The molecule has 0 spiro atoms. The van der Waals surface area contributed by atoms with Gasteiger partial charge >= 0.3 is 0 Å². The van der Waals surface area contributed by atoms with Gasteiger partial charge in [-0.1, -0.05) is 17.7 Å². The Balaban J connectivity index is 1.56. The first-order valence-corrected chi connectivity index (χ1v) is 11.7. The smallest absolute Gasteiger partial charge is 0.251 e. The summed E-state index contributed by atoms with van der Waals surface area (Å²) in [4.78, 5) is 13.5. The zero-order valence-corrected chi connectivity index (χ0v) is 17.1. The Labute approximate surface area is 169 Å². The Morgan fingerprint density at radius 2 is 1.93 bits per heavy atom. The van der Waals surface area contributed by atoms with Crippen LogP contribution in [0.2, 0.25) is 5.02 Å². The number of hydrogen-bond acceptors (Lipinski definition) is 4. The summed E-state index contributed by atoms with van der Waals surface area (Å²) in [5.74, 6) is 0.682. The summed E-state index contributed by atoms with van der Waals surface area (Å²) in [5.41, 5.74) is 1.02. The summed E-state index contributed by atoms with van der Waals surface area (Å²) in [7, 11) is -3.28. The third-order valence-corrected chi connectivity index (χ3v) is 7.35. The lowest BCUT2D eigenvalue weighted by molar-refractivity contribution is 0.0956. The molecule has 27 heavy (non-hydrogen) atoms. The molecule has 2 aromatic carbocycles. The number of benzene rings is 2. The SMILES string of the molecule is O=C(NCCSc1ccc(Cl)cc1)c1cccc(N2CCCCS2(=O)=O)c1. The second-order valence-electron chi connectivity index (χ2n) is 6.20. The van der Waals surface area contributed by atoms with E-state index in [-0.39, 0.29) is 11.7 Å². The van der Waals surface area contributed by atoms with Gasteiger partial charge < -0.3 is 5.32 Å². The molecule has 0 saturated carbocycles. The number of anilines is 1. The quantitative estimate of drug-likeness (QED) is 0.565. The van der Waals surface area contributed by atoms with E-state index in [1.54, 1.807) is 36.0 Å². The van der Waals surface area contributed by atoms with Gasteiger partial charge in [-0.2, -0.15) is 0 Å². The Bertz CT molecular complexity index is 901. The van der Waals surface area contributed by atoms with E-state index in [9.17, 15) is 13.2 Å². The molecule has 1 amide bonds. The van der Waals surface area contributed by atoms with E-state index in [4.69, 9.17) is 11.6 Å². The van der Waals surface area contributed by atoms with Gasteiger partial charge in [0.15, 0.2) is 0 Å². The van der Waals surface area contributed by atoms with Gasteiger partial charge in [-0.15, -0.1) is 11.8 Å². The molecule has 8 heteroatoms. The van der Waals surface area contributed by atoms with Crippen molar-refractivity contribution >= 4 is 45.0 Å². The number of sulfonamides is 1. The van der Waals surface area contributed by atoms with Gasteiger partial charge in [0.1, 0.15) is 0 Å². The molecule has 1 saturated heterocycles. The lowest BCUT2D eigenvalue weighted by Gasteiger charge is -2.28. The summed E-state index contributed by atoms with van der Waals surface area (Å²) in [5, 5.41) is 3.58. The van der Waals surface area contributed by atoms with E-state index < -0.39 is 10.0 Å². The maximum Gasteiger partial charge on any atom is 0.251 e. The molecule has 1 aliphatic rings. The highest BCUT2D eigenvalue weighted by atomic mass is 35.5. The van der Waals surface area contributed by atoms with Gasteiger partial charge in [-0.3, -0.25) is 9.10 Å². The van der Waals surface area contributed by atoms with Crippen LogP contribution in [0.3, 0.4) is 0 Å². The number of carbonyl (C=O) groups excluding carboxylic acids is 1. The molecule has 0 radical (unpaired) electrons. The van der Waals surface area contributed by atoms with Crippen LogP contribution in [0.1, 0.15) is 23.2 Å². The summed E-state index contributed by atoms with van der Waals surface area (Å²) in [6.07, 6.45) is 1.52. The van der Waals surface area contributed by atoms with Crippen LogP contribution < -0.4 is 9.62 Å². The number of amides is 1. The third-order valence-electron chi connectivity index (χ3n) is 4.22. The van der Waals surface area contributed by atoms with E-state index in [2.05, 4.69) is 5.32 Å². The summed E-state index contributed by atoms with van der Waals surface area (Å²) < 4.78 is 25.9. The lowest BCUT2D eigenvalue weighted by atomic mass is 10.2. The average Bonchev–Trinajstić information content (AvgIpc) is 2.66. The molecule has 0 aliphatic carbocycles. The van der Waals surface area contributed by atoms with Crippen LogP contribution >= 0.6 is 23.4 Å². The van der Waals surface area contributed by atoms with Crippen molar-refractivity contribution in [3.05, 3.63) is 59.1 Å². The molecule has 1 fully saturated rings. The first-order chi connectivity index (χ1) is 13.0. The molecule has 0 bridgehead atoms. The maximum atomic E-state index is 12.4. The number of hydrogen-bond donors (Lipinski definition) is 1. The number of halogens is 1. The highest BCUT2D eigenvalue weighted by Crippen LogP contribution is 2.24. The minimum absolute atomic E-state index is 0.158. The molecular weight excluding hydrogens is 404 g/mol. The summed E-state index contributed by atoms with van der Waals surface area (Å²) in [6.45, 7) is 0.976. The molecular formula is C19H21ClN2O3S2. The van der Waals surface area contributed by atoms with Crippen molar-refractivity contribution in [3.8, 4) is 0 Å². The fourth-order valence-electron chi connectivity index (χ4n) is 2.85. The predicted octanol–water partition coefficient (Wildman–Crippen LogP) is 3.79. The van der Waals surface area contributed by atoms with E-state index in [1.807, 2.05) is 24.3 Å². The van der Waals surface area contributed by atoms with E-state index in [1.165, 1.54) is 4.31 Å². The third kappa shape index (κ3) is 5.40. The first-order valence-electron chi connectivity index (χ1n) is 8.73. The minimum atomic E-state index is -3.28. The Morgan fingerprint density at radius 1 is 1.15 bits per heavy atom. The van der Waals surface area contributed by atoms with Gasteiger partial charge in [0.05, 0.1) is 11.4 Å². The normalized spacial score (nSPS) is 16.1. The molecule has 1 N–H and O–H groups in total. The van der Waals surface area contributed by atoms with Gasteiger partial charge in [0.2, 0.25) is 10.0 Å². The van der Waals surface area contributed by atoms with Crippen LogP contribution in [0.25, 0.3) is 0 Å². The van der Waals surface area contributed by atoms with Gasteiger partial charge in [-0.25, -0.2) is 8.42 Å². The standard InChI is InChI=1S/C19H21ClN2O3S2/c20-16-6-8-18(9-7-16)26-12-10-21-19(23)15-4-3-5-17(14-15)22-11-1-2-13-27(22,24)25/h3-9,14H,1-2,10-13H2,(H,21,23). The molecule has 2 aromatic rings. The highest BCUT2D eigenvalue weighted by molar-refractivity contribution is 7.99. The number of rotatable bonds is 6. The van der Waals surface area contributed by atoms with Crippen LogP contribution in [0.15, 0.2) is 53.4 Å². The molecule has 144 valence electrons. The van der Waals surface area contributed by atoms with Crippen LogP contribution in [0.4, 0.5) is 5.69 Å². The Morgan fingerprint density at radius 3 is 2.67 bits per heavy atom. The molecule has 3 rings (SSSR count). The predicted molar refractivity (Wildman–Crippen MR) is 111 cm³/mol. The molecule has 0 aromatic heterocycles. The van der Waals surface area contributed by atoms with Gasteiger partial charge in [0, 0.05) is 34.3 Å². The van der Waals surface area contributed by atoms with Crippen molar-refractivity contribution < 1.29 is 13.2 Å². The van der Waals surface area contributed by atoms with E-state index in [0.29, 0.717) is 35.8 Å². The monoisotopic (exact) mass is 424 g/mol. The molecule has 0 unspecified atom stereocenters. The largest absolute Gasteiger partial charge is 0.351 e. The van der Waals surface area contributed by atoms with Crippen LogP contribution in [0.5, 0.6) is 0 Å². The van der Waals surface area contributed by atoms with Crippen molar-refractivity contribution in [2.24, 2.45) is 0 Å². The van der Waals surface area contributed by atoms with Crippen LogP contribution in [0, 0.1) is 0 Å². The fourth-order valence-corrected chi connectivity index (χ4v) is 5.37. The number of nitrogens with zero attached hydrogens (tertiary/aromatic N) is 1. The second-order valence-corrected chi connectivity index (χ2v) is 9.82. The van der Waals surface area contributed by atoms with Crippen molar-refractivity contribution in [2.45, 2.75) is 17.7 Å². The van der Waals surface area contributed by atoms with Gasteiger partial charge in [-0.05, 0) is 55.3 Å². The highest BCUT2D eigenvalue weighted by Gasteiger charge is 2.26. The second kappa shape index (κ2) is 8.99. The fraction of sp³-hybridized carbons (Fsp3) is 0.316. The molecule has 1 aliphatic heterocycles. The van der Waals surface area contributed by atoms with Crippen molar-refractivity contribution in [1.82, 2.24) is 5.32 Å². The zero-order valence-electron chi connectivity index (χ0n) is 14.7. The number of nitrogens with one attached hydrogen (secondary N) is 1. The number of thioether (sulfide) groups is 1. The lowest BCUT2D eigenvalue weighted by Crippen LogP contribution is -2.38. The summed E-state index contributed by atoms with van der Waals surface area (Å²) >= 11 is 7.49. The Kier molecular flexibility index (Phi) is 6.68. The Hall–Kier alpha value is -1.70. The first kappa shape index (κ1) is 20.0. The van der Waals surface area contributed by atoms with E-state index in [0.717, 1.165) is 17.1 Å². The summed E-state index contributed by atoms with van der Waals surface area (Å²) in [6, 6.07) is 14.3. The maximum absolute atomic E-state index is 12.4. The number of carbonyl (C=O) groups is 1. The van der Waals surface area contributed by atoms with Crippen molar-refractivity contribution in [3.63, 3.8) is 0 Å². The topological polar surface area (TPSA) is 66.5 Å². The minimum Gasteiger partial charge on any atom is -0.351 e. The van der Waals surface area contributed by atoms with Gasteiger partial charge in [0.25, 0.3) is 5.91 Å².